The molecule has 0 amide bonds. The van der Waals surface area contributed by atoms with E-state index >= 15 is 0 Å². The third kappa shape index (κ3) is 4.45. The van der Waals surface area contributed by atoms with Crippen LogP contribution >= 0.6 is 11.8 Å². The molecule has 9 nitrogen and oxygen atoms in total. The van der Waals surface area contributed by atoms with Crippen molar-refractivity contribution in [3.63, 3.8) is 0 Å². The molecule has 1 unspecified atom stereocenters. The molecule has 0 aliphatic rings. The third-order valence-electron chi connectivity index (χ3n) is 3.68. The lowest BCUT2D eigenvalue weighted by atomic mass is 9.96. The number of thioether (sulfide) groups is 1. The number of anilines is 3. The van der Waals surface area contributed by atoms with Gasteiger partial charge < -0.3 is 16.9 Å². The second kappa shape index (κ2) is 7.39. The molecular formula is C17H23N9S. The molecule has 0 spiro atoms. The number of nitrogens with one attached hydrogen (secondary N) is 1. The maximum Gasteiger partial charge on any atom is 0.232 e. The van der Waals surface area contributed by atoms with Crippen LogP contribution in [0.3, 0.4) is 0 Å². The van der Waals surface area contributed by atoms with Crippen LogP contribution in [0.2, 0.25) is 0 Å². The number of rotatable bonds is 5. The van der Waals surface area contributed by atoms with Crippen LogP contribution in [0.4, 0.5) is 17.6 Å². The molecule has 0 aliphatic carbocycles. The van der Waals surface area contributed by atoms with Gasteiger partial charge in [-0.05, 0) is 19.1 Å². The normalized spacial score (nSPS) is 12.7. The zero-order chi connectivity index (χ0) is 19.6. The molecule has 27 heavy (non-hydrogen) atoms. The van der Waals surface area contributed by atoms with Crippen LogP contribution in [0.1, 0.15) is 44.6 Å². The Labute approximate surface area is 162 Å². The number of para-hydroxylation sites is 1. The fourth-order valence-electron chi connectivity index (χ4n) is 2.38. The Morgan fingerprint density at radius 1 is 1.07 bits per heavy atom. The fraction of sp³-hybridized carbons (Fsp3) is 0.353. The van der Waals surface area contributed by atoms with Gasteiger partial charge in [-0.25, -0.2) is 4.68 Å². The van der Waals surface area contributed by atoms with Crippen molar-refractivity contribution in [2.24, 2.45) is 0 Å². The summed E-state index contributed by atoms with van der Waals surface area (Å²) < 4.78 is 1.51. The highest BCUT2D eigenvalue weighted by Crippen LogP contribution is 2.33. The van der Waals surface area contributed by atoms with E-state index in [2.05, 4.69) is 30.5 Å². The monoisotopic (exact) mass is 385 g/mol. The molecule has 0 fully saturated rings. The minimum Gasteiger partial charge on any atom is -0.368 e. The molecule has 0 aliphatic heterocycles. The molecule has 2 aromatic heterocycles. The maximum absolute atomic E-state index is 6.16. The fourth-order valence-corrected chi connectivity index (χ4v) is 3.19. The topological polar surface area (TPSA) is 133 Å². The molecule has 142 valence electrons. The number of nitrogens with two attached hydrogens (primary N) is 2. The quantitative estimate of drug-likeness (QED) is 0.447. The van der Waals surface area contributed by atoms with Gasteiger partial charge in [0.15, 0.2) is 5.82 Å². The first-order valence-electron chi connectivity index (χ1n) is 8.45. The minimum atomic E-state index is -0.200. The molecule has 0 radical (unpaired) electrons. The molecule has 10 heteroatoms. The van der Waals surface area contributed by atoms with Crippen molar-refractivity contribution in [2.75, 3.05) is 16.9 Å². The largest absolute Gasteiger partial charge is 0.368 e. The zero-order valence-corrected chi connectivity index (χ0v) is 16.5. The van der Waals surface area contributed by atoms with Crippen LogP contribution in [-0.2, 0) is 5.41 Å². The van der Waals surface area contributed by atoms with Crippen LogP contribution in [0.5, 0.6) is 0 Å². The van der Waals surface area contributed by atoms with E-state index in [9.17, 15) is 0 Å². The highest BCUT2D eigenvalue weighted by atomic mass is 32.2. The van der Waals surface area contributed by atoms with Gasteiger partial charge in [-0.15, -0.1) is 10.2 Å². The SMILES string of the molecule is CC(Sc1nnc(C(C)(C)C)n1N)c1nc(N)nc(Nc2ccccc2)n1. The van der Waals surface area contributed by atoms with E-state index < -0.39 is 0 Å². The van der Waals surface area contributed by atoms with Gasteiger partial charge in [0.2, 0.25) is 17.1 Å². The van der Waals surface area contributed by atoms with Gasteiger partial charge in [0.05, 0.1) is 5.25 Å². The van der Waals surface area contributed by atoms with Gasteiger partial charge in [0.1, 0.15) is 5.82 Å². The summed E-state index contributed by atoms with van der Waals surface area (Å²) in [6.45, 7) is 8.06. The Bertz CT molecular complexity index is 918. The summed E-state index contributed by atoms with van der Waals surface area (Å²) >= 11 is 1.41. The summed E-state index contributed by atoms with van der Waals surface area (Å²) in [5, 5.41) is 12.0. The van der Waals surface area contributed by atoms with Gasteiger partial charge in [0, 0.05) is 11.1 Å². The van der Waals surface area contributed by atoms with Crippen LogP contribution in [0.15, 0.2) is 35.5 Å². The maximum atomic E-state index is 6.16. The summed E-state index contributed by atoms with van der Waals surface area (Å²) in [4.78, 5) is 12.9. The summed E-state index contributed by atoms with van der Waals surface area (Å²) in [6.07, 6.45) is 0. The standard InChI is InChI=1S/C17H23N9S/c1-10(27-16-25-24-13(26(16)19)17(2,3)4)12-21-14(18)23-15(22-12)20-11-8-6-5-7-9-11/h5-10H,19H2,1-4H3,(H3,18,20,21,22,23). The molecule has 1 aromatic carbocycles. The molecule has 5 N–H and O–H groups in total. The lowest BCUT2D eigenvalue weighted by molar-refractivity contribution is 0.523. The third-order valence-corrected chi connectivity index (χ3v) is 4.73. The smallest absolute Gasteiger partial charge is 0.232 e. The first-order valence-corrected chi connectivity index (χ1v) is 9.33. The molecule has 3 rings (SSSR count). The molecule has 3 aromatic rings. The Balaban J connectivity index is 1.81. The number of nitrogen functional groups attached to an aromatic ring is 2. The van der Waals surface area contributed by atoms with E-state index in [1.54, 1.807) is 0 Å². The highest BCUT2D eigenvalue weighted by molar-refractivity contribution is 7.99. The molecule has 0 saturated heterocycles. The van der Waals surface area contributed by atoms with E-state index in [1.807, 2.05) is 58.0 Å². The van der Waals surface area contributed by atoms with E-state index in [0.29, 0.717) is 22.8 Å². The Hall–Kier alpha value is -2.88. The van der Waals surface area contributed by atoms with Crippen LogP contribution < -0.4 is 16.9 Å². The van der Waals surface area contributed by atoms with Gasteiger partial charge in [-0.2, -0.15) is 15.0 Å². The lowest BCUT2D eigenvalue weighted by Gasteiger charge is -2.17. The van der Waals surface area contributed by atoms with Crippen molar-refractivity contribution in [2.45, 2.75) is 43.5 Å². The van der Waals surface area contributed by atoms with Crippen molar-refractivity contribution in [1.29, 1.82) is 0 Å². The first kappa shape index (κ1) is 18.9. The van der Waals surface area contributed by atoms with E-state index in [0.717, 1.165) is 5.69 Å². The van der Waals surface area contributed by atoms with Gasteiger partial charge in [0.25, 0.3) is 0 Å². The molecule has 2 heterocycles. The molecule has 0 saturated carbocycles. The number of nitrogens with zero attached hydrogens (tertiary/aromatic N) is 6. The van der Waals surface area contributed by atoms with E-state index in [-0.39, 0.29) is 16.6 Å². The van der Waals surface area contributed by atoms with Crippen molar-refractivity contribution in [1.82, 2.24) is 29.8 Å². The Morgan fingerprint density at radius 3 is 2.41 bits per heavy atom. The second-order valence-corrected chi connectivity index (χ2v) is 8.36. The molecular weight excluding hydrogens is 362 g/mol. The highest BCUT2D eigenvalue weighted by Gasteiger charge is 2.25. The summed E-state index contributed by atoms with van der Waals surface area (Å²) in [5.74, 6) is 7.94. The number of hydrogen-bond acceptors (Lipinski definition) is 9. The first-order chi connectivity index (χ1) is 12.7. The molecule has 1 atom stereocenters. The van der Waals surface area contributed by atoms with Crippen LogP contribution in [0, 0.1) is 0 Å². The lowest BCUT2D eigenvalue weighted by Crippen LogP contribution is -2.24. The number of aromatic nitrogens is 6. The minimum absolute atomic E-state index is 0.147. The van der Waals surface area contributed by atoms with Gasteiger partial charge in [-0.3, -0.25) is 0 Å². The van der Waals surface area contributed by atoms with Gasteiger partial charge >= 0.3 is 0 Å². The average molecular weight is 386 g/mol. The average Bonchev–Trinajstić information content (AvgIpc) is 2.96. The van der Waals surface area contributed by atoms with Crippen molar-refractivity contribution in [3.05, 3.63) is 42.0 Å². The second-order valence-electron chi connectivity index (χ2n) is 7.05. The van der Waals surface area contributed by atoms with Crippen LogP contribution in [0.25, 0.3) is 0 Å². The zero-order valence-electron chi connectivity index (χ0n) is 15.7. The summed E-state index contributed by atoms with van der Waals surface area (Å²) in [7, 11) is 0. The predicted molar refractivity (Wildman–Crippen MR) is 107 cm³/mol. The van der Waals surface area contributed by atoms with Crippen molar-refractivity contribution in [3.8, 4) is 0 Å². The van der Waals surface area contributed by atoms with E-state index in [4.69, 9.17) is 11.6 Å². The van der Waals surface area contributed by atoms with Crippen molar-refractivity contribution >= 4 is 29.3 Å². The Kier molecular flexibility index (Phi) is 5.17. The van der Waals surface area contributed by atoms with Gasteiger partial charge in [-0.1, -0.05) is 50.7 Å². The summed E-state index contributed by atoms with van der Waals surface area (Å²) in [5.41, 5.74) is 6.53. The Morgan fingerprint density at radius 2 is 1.78 bits per heavy atom. The summed E-state index contributed by atoms with van der Waals surface area (Å²) in [6, 6.07) is 9.62. The van der Waals surface area contributed by atoms with E-state index in [1.165, 1.54) is 16.4 Å². The number of benzene rings is 1. The van der Waals surface area contributed by atoms with Crippen LogP contribution in [-0.4, -0.2) is 29.8 Å². The number of hydrogen-bond donors (Lipinski definition) is 3. The molecule has 0 bridgehead atoms. The predicted octanol–water partition coefficient (Wildman–Crippen LogP) is 2.65. The van der Waals surface area contributed by atoms with Crippen molar-refractivity contribution < 1.29 is 0 Å².